The molecule has 1 aromatic heterocycles. The number of carbonyl (C=O) groups excluding carboxylic acids is 1. The number of nitrogens with one attached hydrogen (secondary N) is 2. The van der Waals surface area contributed by atoms with Crippen LogP contribution in [0, 0.1) is 0 Å². The summed E-state index contributed by atoms with van der Waals surface area (Å²) < 4.78 is 5.40. The SMILES string of the molecule is O=C(COc1cc(Cl)ccc1Cl)NCCc1c[nH]c2ccccc12. The highest BCUT2D eigenvalue weighted by molar-refractivity contribution is 6.34. The molecule has 6 heteroatoms. The Morgan fingerprint density at radius 1 is 1.17 bits per heavy atom. The third-order valence-electron chi connectivity index (χ3n) is 3.64. The van der Waals surface area contributed by atoms with Crippen molar-refractivity contribution in [3.8, 4) is 5.75 Å². The lowest BCUT2D eigenvalue weighted by Crippen LogP contribution is -2.30. The number of H-pyrrole nitrogens is 1. The zero-order valence-electron chi connectivity index (χ0n) is 12.8. The molecule has 4 nitrogen and oxygen atoms in total. The van der Waals surface area contributed by atoms with Crippen LogP contribution in [0.15, 0.2) is 48.7 Å². The Morgan fingerprint density at radius 3 is 2.88 bits per heavy atom. The minimum Gasteiger partial charge on any atom is -0.482 e. The van der Waals surface area contributed by atoms with Crippen LogP contribution in [-0.2, 0) is 11.2 Å². The van der Waals surface area contributed by atoms with Crippen molar-refractivity contribution in [1.82, 2.24) is 10.3 Å². The summed E-state index contributed by atoms with van der Waals surface area (Å²) in [6.45, 7) is 0.432. The fourth-order valence-corrected chi connectivity index (χ4v) is 2.79. The summed E-state index contributed by atoms with van der Waals surface area (Å²) in [7, 11) is 0. The number of aromatic nitrogens is 1. The van der Waals surface area contributed by atoms with E-state index >= 15 is 0 Å². The minimum absolute atomic E-state index is 0.103. The predicted molar refractivity (Wildman–Crippen MR) is 97.0 cm³/mol. The van der Waals surface area contributed by atoms with Crippen molar-refractivity contribution in [3.63, 3.8) is 0 Å². The highest BCUT2D eigenvalue weighted by Gasteiger charge is 2.07. The molecule has 0 unspecified atom stereocenters. The van der Waals surface area contributed by atoms with Gasteiger partial charge in [-0.05, 0) is 30.2 Å². The summed E-state index contributed by atoms with van der Waals surface area (Å²) in [4.78, 5) is 15.1. The maximum atomic E-state index is 11.9. The van der Waals surface area contributed by atoms with Gasteiger partial charge in [0, 0.05) is 34.7 Å². The number of amides is 1. The van der Waals surface area contributed by atoms with Crippen LogP contribution in [0.3, 0.4) is 0 Å². The lowest BCUT2D eigenvalue weighted by atomic mass is 10.1. The number of carbonyl (C=O) groups is 1. The third-order valence-corrected chi connectivity index (χ3v) is 4.19. The fourth-order valence-electron chi connectivity index (χ4n) is 2.46. The van der Waals surface area contributed by atoms with E-state index in [0.29, 0.717) is 22.3 Å². The van der Waals surface area contributed by atoms with Gasteiger partial charge < -0.3 is 15.0 Å². The maximum absolute atomic E-state index is 11.9. The number of hydrogen-bond donors (Lipinski definition) is 2. The number of halogens is 2. The highest BCUT2D eigenvalue weighted by Crippen LogP contribution is 2.27. The zero-order chi connectivity index (χ0) is 16.9. The van der Waals surface area contributed by atoms with Gasteiger partial charge in [-0.1, -0.05) is 41.4 Å². The summed E-state index contributed by atoms with van der Waals surface area (Å²) in [5, 5.41) is 4.94. The smallest absolute Gasteiger partial charge is 0.257 e. The first-order valence-corrected chi connectivity index (χ1v) is 8.28. The van der Waals surface area contributed by atoms with E-state index in [1.165, 1.54) is 10.9 Å². The van der Waals surface area contributed by atoms with E-state index in [2.05, 4.69) is 16.4 Å². The molecule has 0 bridgehead atoms. The van der Waals surface area contributed by atoms with Gasteiger partial charge >= 0.3 is 0 Å². The molecule has 0 aliphatic carbocycles. The van der Waals surface area contributed by atoms with Gasteiger partial charge in [-0.15, -0.1) is 0 Å². The molecule has 0 aliphatic rings. The first-order valence-electron chi connectivity index (χ1n) is 7.53. The van der Waals surface area contributed by atoms with Gasteiger partial charge in [0.2, 0.25) is 0 Å². The van der Waals surface area contributed by atoms with Crippen LogP contribution in [0.25, 0.3) is 10.9 Å². The van der Waals surface area contributed by atoms with Crippen molar-refractivity contribution >= 4 is 40.0 Å². The van der Waals surface area contributed by atoms with Gasteiger partial charge in [0.1, 0.15) is 5.75 Å². The number of ether oxygens (including phenoxy) is 1. The van der Waals surface area contributed by atoms with Crippen molar-refractivity contribution < 1.29 is 9.53 Å². The first kappa shape index (κ1) is 16.7. The molecule has 0 saturated heterocycles. The summed E-state index contributed by atoms with van der Waals surface area (Å²) in [5.74, 6) is 0.196. The molecule has 24 heavy (non-hydrogen) atoms. The fraction of sp³-hybridized carbons (Fsp3) is 0.167. The normalized spacial score (nSPS) is 10.8. The second kappa shape index (κ2) is 7.60. The van der Waals surface area contributed by atoms with Gasteiger partial charge in [0.25, 0.3) is 5.91 Å². The number of aromatic amines is 1. The quantitative estimate of drug-likeness (QED) is 0.689. The third kappa shape index (κ3) is 4.02. The molecule has 2 aromatic carbocycles. The van der Waals surface area contributed by atoms with Gasteiger partial charge in [-0.25, -0.2) is 0 Å². The average Bonchev–Trinajstić information content (AvgIpc) is 2.99. The Balaban J connectivity index is 1.48. The van der Waals surface area contributed by atoms with Crippen LogP contribution in [0.5, 0.6) is 5.75 Å². The Kier molecular flexibility index (Phi) is 5.28. The van der Waals surface area contributed by atoms with Gasteiger partial charge in [0.05, 0.1) is 5.02 Å². The summed E-state index contributed by atoms with van der Waals surface area (Å²) >= 11 is 11.9. The van der Waals surface area contributed by atoms with Crippen LogP contribution >= 0.6 is 23.2 Å². The van der Waals surface area contributed by atoms with Crippen molar-refractivity contribution in [2.45, 2.75) is 6.42 Å². The van der Waals surface area contributed by atoms with Crippen molar-refractivity contribution in [1.29, 1.82) is 0 Å². The topological polar surface area (TPSA) is 54.1 Å². The molecular weight excluding hydrogens is 347 g/mol. The second-order valence-corrected chi connectivity index (χ2v) is 6.17. The van der Waals surface area contributed by atoms with Gasteiger partial charge in [-0.3, -0.25) is 4.79 Å². The largest absolute Gasteiger partial charge is 0.482 e. The second-order valence-electron chi connectivity index (χ2n) is 5.32. The molecule has 124 valence electrons. The summed E-state index contributed by atoms with van der Waals surface area (Å²) in [6.07, 6.45) is 2.72. The Bertz CT molecular complexity index is 861. The zero-order valence-corrected chi connectivity index (χ0v) is 14.3. The van der Waals surface area contributed by atoms with E-state index in [-0.39, 0.29) is 12.5 Å². The molecule has 0 saturated carbocycles. The lowest BCUT2D eigenvalue weighted by Gasteiger charge is -2.09. The monoisotopic (exact) mass is 362 g/mol. The molecule has 0 spiro atoms. The van der Waals surface area contributed by atoms with E-state index in [1.807, 2.05) is 24.4 Å². The number of fused-ring (bicyclic) bond motifs is 1. The molecule has 0 radical (unpaired) electrons. The van der Waals surface area contributed by atoms with Crippen LogP contribution in [-0.4, -0.2) is 24.0 Å². The molecule has 2 N–H and O–H groups in total. The van der Waals surface area contributed by atoms with E-state index in [1.54, 1.807) is 18.2 Å². The Hall–Kier alpha value is -2.17. The minimum atomic E-state index is -0.203. The van der Waals surface area contributed by atoms with Gasteiger partial charge in [-0.2, -0.15) is 0 Å². The molecule has 3 aromatic rings. The first-order chi connectivity index (χ1) is 11.6. The van der Waals surface area contributed by atoms with E-state index in [4.69, 9.17) is 27.9 Å². The summed E-state index contributed by atoms with van der Waals surface area (Å²) in [5.41, 5.74) is 2.27. The Labute approximate surface area is 149 Å². The van der Waals surface area contributed by atoms with E-state index in [9.17, 15) is 4.79 Å². The van der Waals surface area contributed by atoms with Gasteiger partial charge in [0.15, 0.2) is 6.61 Å². The van der Waals surface area contributed by atoms with Crippen LogP contribution < -0.4 is 10.1 Å². The highest BCUT2D eigenvalue weighted by atomic mass is 35.5. The van der Waals surface area contributed by atoms with E-state index < -0.39 is 0 Å². The van der Waals surface area contributed by atoms with E-state index in [0.717, 1.165) is 11.9 Å². The predicted octanol–water partition coefficient (Wildman–Crippen LogP) is 4.21. The average molecular weight is 363 g/mol. The standard InChI is InChI=1S/C18H16Cl2N2O2/c19-13-5-6-15(20)17(9-13)24-11-18(23)21-8-7-12-10-22-16-4-2-1-3-14(12)16/h1-6,9-10,22H,7-8,11H2,(H,21,23). The van der Waals surface area contributed by atoms with Crippen LogP contribution in [0.4, 0.5) is 0 Å². The molecule has 0 aliphatic heterocycles. The summed E-state index contributed by atoms with van der Waals surface area (Å²) in [6, 6.07) is 13.0. The molecule has 3 rings (SSSR count). The van der Waals surface area contributed by atoms with Crippen LogP contribution in [0.1, 0.15) is 5.56 Å². The molecule has 1 heterocycles. The number of benzene rings is 2. The maximum Gasteiger partial charge on any atom is 0.257 e. The number of para-hydroxylation sites is 1. The van der Waals surface area contributed by atoms with Crippen LogP contribution in [0.2, 0.25) is 10.0 Å². The molecule has 0 atom stereocenters. The lowest BCUT2D eigenvalue weighted by molar-refractivity contribution is -0.123. The molecule has 0 fully saturated rings. The number of hydrogen-bond acceptors (Lipinski definition) is 2. The number of rotatable bonds is 6. The Morgan fingerprint density at radius 2 is 2.00 bits per heavy atom. The van der Waals surface area contributed by atoms with Crippen molar-refractivity contribution in [2.75, 3.05) is 13.2 Å². The van der Waals surface area contributed by atoms with Crippen molar-refractivity contribution in [3.05, 3.63) is 64.3 Å². The van der Waals surface area contributed by atoms with Crippen molar-refractivity contribution in [2.24, 2.45) is 0 Å². The molecule has 1 amide bonds. The molecular formula is C18H16Cl2N2O2.